The number of hydrogen-bond donors (Lipinski definition) is 1. The van der Waals surface area contributed by atoms with Crippen molar-refractivity contribution in [2.24, 2.45) is 0 Å². The van der Waals surface area contributed by atoms with Crippen LogP contribution in [0.4, 0.5) is 4.39 Å². The van der Waals surface area contributed by atoms with Crippen molar-refractivity contribution < 1.29 is 23.1 Å². The smallest absolute Gasteiger partial charge is 0.273 e. The van der Waals surface area contributed by atoms with Gasteiger partial charge in [0.1, 0.15) is 12.1 Å². The van der Waals surface area contributed by atoms with E-state index in [1.807, 2.05) is 0 Å². The van der Waals surface area contributed by atoms with Crippen LogP contribution in [0.25, 0.3) is 0 Å². The Morgan fingerprint density at radius 2 is 2.00 bits per heavy atom. The van der Waals surface area contributed by atoms with Crippen LogP contribution >= 0.6 is 0 Å². The maximum atomic E-state index is 13.3. The number of carbonyl (C=O) groups is 1. The summed E-state index contributed by atoms with van der Waals surface area (Å²) in [5.41, 5.74) is 1.28. The van der Waals surface area contributed by atoms with Gasteiger partial charge in [-0.2, -0.15) is 0 Å². The lowest BCUT2D eigenvalue weighted by atomic mass is 10.2. The summed E-state index contributed by atoms with van der Waals surface area (Å²) in [4.78, 5) is 21.3. The molecule has 0 spiro atoms. The Morgan fingerprint density at radius 3 is 2.75 bits per heavy atom. The van der Waals surface area contributed by atoms with Crippen LogP contribution in [-0.4, -0.2) is 79.3 Å². The Kier molecular flexibility index (Phi) is 8.22. The molecule has 1 amide bonds. The Hall–Kier alpha value is -2.33. The zero-order valence-corrected chi connectivity index (χ0v) is 18.3. The summed E-state index contributed by atoms with van der Waals surface area (Å²) in [6.07, 6.45) is 3.48. The third-order valence-corrected chi connectivity index (χ3v) is 5.81. The van der Waals surface area contributed by atoms with Gasteiger partial charge in [-0.05, 0) is 30.5 Å². The molecule has 0 saturated carbocycles. The van der Waals surface area contributed by atoms with Crippen molar-refractivity contribution in [3.63, 3.8) is 0 Å². The number of oxazole rings is 1. The van der Waals surface area contributed by atoms with Crippen molar-refractivity contribution >= 4 is 5.91 Å². The molecule has 0 radical (unpaired) electrons. The normalized spacial score (nSPS) is 19.5. The fourth-order valence-corrected chi connectivity index (χ4v) is 3.95. The highest BCUT2D eigenvalue weighted by atomic mass is 19.1. The van der Waals surface area contributed by atoms with Gasteiger partial charge in [0.25, 0.3) is 5.91 Å². The molecular weight excluding hydrogens is 415 g/mol. The SMILES string of the molecule is O=C(NC[C@H]1CCCO1)c1coc(CN(CCN2CCOCC2)Cc2ccc(F)cc2)n1. The molecule has 1 aromatic heterocycles. The van der Waals surface area contributed by atoms with Gasteiger partial charge in [-0.1, -0.05) is 12.1 Å². The molecule has 4 rings (SSSR count). The van der Waals surface area contributed by atoms with Crippen molar-refractivity contribution in [1.29, 1.82) is 0 Å². The van der Waals surface area contributed by atoms with E-state index in [0.29, 0.717) is 25.5 Å². The van der Waals surface area contributed by atoms with Gasteiger partial charge in [0, 0.05) is 45.9 Å². The quantitative estimate of drug-likeness (QED) is 0.598. The van der Waals surface area contributed by atoms with E-state index in [9.17, 15) is 9.18 Å². The second-order valence-electron chi connectivity index (χ2n) is 8.26. The average Bonchev–Trinajstić information content (AvgIpc) is 3.50. The van der Waals surface area contributed by atoms with Gasteiger partial charge in [-0.15, -0.1) is 0 Å². The molecular formula is C23H31FN4O4. The summed E-state index contributed by atoms with van der Waals surface area (Å²) in [5, 5.41) is 2.87. The molecule has 0 bridgehead atoms. The first kappa shape index (κ1) is 22.8. The Balaban J connectivity index is 1.34. The number of morpholine rings is 1. The number of halogens is 1. The summed E-state index contributed by atoms with van der Waals surface area (Å²) >= 11 is 0. The number of hydrogen-bond acceptors (Lipinski definition) is 7. The number of ether oxygens (including phenoxy) is 2. The van der Waals surface area contributed by atoms with Gasteiger partial charge >= 0.3 is 0 Å². The van der Waals surface area contributed by atoms with E-state index in [2.05, 4.69) is 20.1 Å². The number of benzene rings is 1. The maximum absolute atomic E-state index is 13.3. The van der Waals surface area contributed by atoms with E-state index in [0.717, 1.165) is 64.4 Å². The lowest BCUT2D eigenvalue weighted by Crippen LogP contribution is -2.41. The summed E-state index contributed by atoms with van der Waals surface area (Å²) in [6, 6.07) is 6.52. The highest BCUT2D eigenvalue weighted by molar-refractivity contribution is 5.91. The topological polar surface area (TPSA) is 80.1 Å². The van der Waals surface area contributed by atoms with Crippen LogP contribution in [0.15, 0.2) is 34.9 Å². The molecule has 174 valence electrons. The highest BCUT2D eigenvalue weighted by Crippen LogP contribution is 2.13. The molecule has 2 saturated heterocycles. The van der Waals surface area contributed by atoms with E-state index >= 15 is 0 Å². The van der Waals surface area contributed by atoms with Crippen molar-refractivity contribution in [2.75, 3.05) is 52.5 Å². The summed E-state index contributed by atoms with van der Waals surface area (Å²) in [6.45, 7) is 7.34. The minimum atomic E-state index is -0.256. The van der Waals surface area contributed by atoms with Gasteiger partial charge in [0.05, 0.1) is 25.9 Å². The predicted octanol–water partition coefficient (Wildman–Crippen LogP) is 2.06. The standard InChI is InChI=1S/C23H31FN4O4/c24-19-5-3-18(4-6-19)15-28(8-7-27-9-12-30-13-10-27)16-22-26-21(17-32-22)23(29)25-14-20-2-1-11-31-20/h3-6,17,20H,1-2,7-16H2,(H,25,29)/t20-/m1/s1. The second kappa shape index (κ2) is 11.5. The molecule has 2 aliphatic heterocycles. The second-order valence-corrected chi connectivity index (χ2v) is 8.26. The minimum Gasteiger partial charge on any atom is -0.447 e. The van der Waals surface area contributed by atoms with Crippen LogP contribution < -0.4 is 5.32 Å². The zero-order valence-electron chi connectivity index (χ0n) is 18.3. The molecule has 2 aliphatic rings. The molecule has 1 atom stereocenters. The largest absolute Gasteiger partial charge is 0.447 e. The highest BCUT2D eigenvalue weighted by Gasteiger charge is 2.20. The van der Waals surface area contributed by atoms with Crippen LogP contribution in [-0.2, 0) is 22.6 Å². The van der Waals surface area contributed by atoms with Crippen LogP contribution in [0.1, 0.15) is 34.8 Å². The van der Waals surface area contributed by atoms with Crippen molar-refractivity contribution in [3.05, 3.63) is 53.5 Å². The lowest BCUT2D eigenvalue weighted by Gasteiger charge is -2.29. The molecule has 32 heavy (non-hydrogen) atoms. The minimum absolute atomic E-state index is 0.0803. The van der Waals surface area contributed by atoms with Gasteiger partial charge in [-0.3, -0.25) is 14.6 Å². The Labute approximate surface area is 187 Å². The van der Waals surface area contributed by atoms with Gasteiger partial charge in [0.15, 0.2) is 5.69 Å². The molecule has 1 aromatic carbocycles. The number of nitrogens with one attached hydrogen (secondary N) is 1. The van der Waals surface area contributed by atoms with Crippen molar-refractivity contribution in [2.45, 2.75) is 32.0 Å². The van der Waals surface area contributed by atoms with Crippen LogP contribution in [0.5, 0.6) is 0 Å². The van der Waals surface area contributed by atoms with Crippen molar-refractivity contribution in [3.8, 4) is 0 Å². The third kappa shape index (κ3) is 6.83. The molecule has 1 N–H and O–H groups in total. The van der Waals surface area contributed by atoms with Gasteiger partial charge in [-0.25, -0.2) is 9.37 Å². The van der Waals surface area contributed by atoms with Crippen LogP contribution in [0.3, 0.4) is 0 Å². The fraction of sp³-hybridized carbons (Fsp3) is 0.565. The zero-order chi connectivity index (χ0) is 22.2. The summed E-state index contributed by atoms with van der Waals surface area (Å²) < 4.78 is 29.9. The number of carbonyl (C=O) groups excluding carboxylic acids is 1. The Bertz CT molecular complexity index is 848. The van der Waals surface area contributed by atoms with E-state index in [1.165, 1.54) is 18.4 Å². The van der Waals surface area contributed by atoms with Crippen molar-refractivity contribution in [1.82, 2.24) is 20.1 Å². The third-order valence-electron chi connectivity index (χ3n) is 5.81. The van der Waals surface area contributed by atoms with E-state index in [1.54, 1.807) is 12.1 Å². The number of amides is 1. The number of nitrogens with zero attached hydrogens (tertiary/aromatic N) is 3. The number of aromatic nitrogens is 1. The predicted molar refractivity (Wildman–Crippen MR) is 116 cm³/mol. The number of rotatable bonds is 10. The molecule has 2 fully saturated rings. The average molecular weight is 447 g/mol. The maximum Gasteiger partial charge on any atom is 0.273 e. The summed E-state index contributed by atoms with van der Waals surface area (Å²) in [5.74, 6) is -0.0229. The van der Waals surface area contributed by atoms with Gasteiger partial charge in [0.2, 0.25) is 5.89 Å². The first-order valence-electron chi connectivity index (χ1n) is 11.3. The first-order valence-corrected chi connectivity index (χ1v) is 11.3. The fourth-order valence-electron chi connectivity index (χ4n) is 3.95. The molecule has 3 heterocycles. The van der Waals surface area contributed by atoms with Crippen LogP contribution in [0.2, 0.25) is 0 Å². The van der Waals surface area contributed by atoms with E-state index in [4.69, 9.17) is 13.9 Å². The van der Waals surface area contributed by atoms with E-state index in [-0.39, 0.29) is 23.5 Å². The first-order chi connectivity index (χ1) is 15.7. The molecule has 9 heteroatoms. The van der Waals surface area contributed by atoms with Gasteiger partial charge < -0.3 is 19.2 Å². The molecule has 0 aliphatic carbocycles. The molecule has 8 nitrogen and oxygen atoms in total. The van der Waals surface area contributed by atoms with E-state index < -0.39 is 0 Å². The molecule has 2 aromatic rings. The van der Waals surface area contributed by atoms with Crippen LogP contribution in [0, 0.1) is 5.82 Å². The molecule has 0 unspecified atom stereocenters. The summed E-state index contributed by atoms with van der Waals surface area (Å²) in [7, 11) is 0. The monoisotopic (exact) mass is 446 g/mol. The lowest BCUT2D eigenvalue weighted by molar-refractivity contribution is 0.0320. The Morgan fingerprint density at radius 1 is 1.19 bits per heavy atom.